The molecule has 3 aromatic rings. The molecule has 1 fully saturated rings. The Hall–Kier alpha value is -3.39. The zero-order valence-corrected chi connectivity index (χ0v) is 19.5. The highest BCUT2D eigenvalue weighted by molar-refractivity contribution is 6.30. The third-order valence-corrected chi connectivity index (χ3v) is 6.38. The van der Waals surface area contributed by atoms with Crippen molar-refractivity contribution in [3.05, 3.63) is 81.9 Å². The number of fused-ring (bicyclic) bond motifs is 1. The zero-order chi connectivity index (χ0) is 22.9. The van der Waals surface area contributed by atoms with Crippen LogP contribution in [0.1, 0.15) is 35.1 Å². The van der Waals surface area contributed by atoms with Crippen molar-refractivity contribution in [3.63, 3.8) is 0 Å². The van der Waals surface area contributed by atoms with Crippen LogP contribution in [0.15, 0.2) is 54.6 Å². The summed E-state index contributed by atoms with van der Waals surface area (Å²) in [6, 6.07) is 12.1. The van der Waals surface area contributed by atoms with Gasteiger partial charge in [-0.15, -0.1) is 5.10 Å². The minimum Gasteiger partial charge on any atom is -0.375 e. The number of hydrogen-bond donors (Lipinski definition) is 1. The van der Waals surface area contributed by atoms with Crippen molar-refractivity contribution in [2.24, 2.45) is 0 Å². The molecule has 2 aromatic carbocycles. The molecule has 0 bridgehead atoms. The first-order valence-corrected chi connectivity index (χ1v) is 11.5. The quantitative estimate of drug-likeness (QED) is 0.604. The Morgan fingerprint density at radius 3 is 2.73 bits per heavy atom. The highest BCUT2D eigenvalue weighted by Gasteiger charge is 2.38. The first-order valence-electron chi connectivity index (χ1n) is 11.1. The van der Waals surface area contributed by atoms with Crippen LogP contribution < -0.4 is 5.32 Å². The molecule has 1 saturated heterocycles. The van der Waals surface area contributed by atoms with Gasteiger partial charge in [0.25, 0.3) is 5.91 Å². The normalized spacial score (nSPS) is 17.8. The lowest BCUT2D eigenvalue weighted by atomic mass is 10.1. The van der Waals surface area contributed by atoms with Crippen LogP contribution in [0.25, 0.3) is 5.69 Å². The minimum atomic E-state index is 0.0324. The number of aromatic nitrogens is 4. The maximum Gasteiger partial charge on any atom is 0.273 e. The molecule has 1 atom stereocenters. The van der Waals surface area contributed by atoms with Crippen molar-refractivity contribution >= 4 is 17.5 Å². The highest BCUT2D eigenvalue weighted by atomic mass is 35.5. The maximum absolute atomic E-state index is 13.2. The van der Waals surface area contributed by atoms with Gasteiger partial charge in [-0.25, -0.2) is 4.68 Å². The number of amides is 1. The van der Waals surface area contributed by atoms with Crippen molar-refractivity contribution in [2.75, 3.05) is 6.54 Å². The number of halogens is 1. The molecule has 8 nitrogen and oxygen atoms in total. The number of tetrazole rings is 1. The van der Waals surface area contributed by atoms with Gasteiger partial charge in [0.2, 0.25) is 0 Å². The molecule has 3 heterocycles. The lowest BCUT2D eigenvalue weighted by Crippen LogP contribution is -2.51. The first kappa shape index (κ1) is 21.5. The van der Waals surface area contributed by atoms with Gasteiger partial charge < -0.3 is 15.1 Å². The monoisotopic (exact) mass is 463 g/mol. The van der Waals surface area contributed by atoms with Crippen molar-refractivity contribution < 1.29 is 4.79 Å². The number of carbonyl (C=O) groups is 1. The predicted octanol–water partition coefficient (Wildman–Crippen LogP) is 3.33. The van der Waals surface area contributed by atoms with Gasteiger partial charge in [-0.3, -0.25) is 4.79 Å². The zero-order valence-electron chi connectivity index (χ0n) is 18.7. The fraction of sp³-hybridized carbons (Fsp3) is 0.333. The van der Waals surface area contributed by atoms with Crippen LogP contribution in [0.2, 0.25) is 5.02 Å². The van der Waals surface area contributed by atoms with Crippen LogP contribution in [0.5, 0.6) is 0 Å². The Morgan fingerprint density at radius 2 is 1.97 bits per heavy atom. The van der Waals surface area contributed by atoms with Crippen LogP contribution >= 0.6 is 11.6 Å². The van der Waals surface area contributed by atoms with Gasteiger partial charge in [0.15, 0.2) is 0 Å². The van der Waals surface area contributed by atoms with E-state index < -0.39 is 0 Å². The van der Waals surface area contributed by atoms with Gasteiger partial charge in [0.05, 0.1) is 5.69 Å². The summed E-state index contributed by atoms with van der Waals surface area (Å²) >= 11 is 6.33. The molecule has 33 heavy (non-hydrogen) atoms. The van der Waals surface area contributed by atoms with E-state index in [-0.39, 0.29) is 12.1 Å². The second kappa shape index (κ2) is 8.86. The van der Waals surface area contributed by atoms with Gasteiger partial charge >= 0.3 is 0 Å². The van der Waals surface area contributed by atoms with E-state index in [1.807, 2.05) is 29.3 Å². The van der Waals surface area contributed by atoms with E-state index in [0.29, 0.717) is 23.8 Å². The van der Waals surface area contributed by atoms with E-state index in [1.165, 1.54) is 11.1 Å². The topological polar surface area (TPSA) is 79.2 Å². The molecule has 9 heteroatoms. The van der Waals surface area contributed by atoms with Crippen molar-refractivity contribution in [2.45, 2.75) is 45.9 Å². The number of benzene rings is 2. The summed E-state index contributed by atoms with van der Waals surface area (Å²) < 4.78 is 1.64. The molecule has 0 aliphatic carbocycles. The smallest absolute Gasteiger partial charge is 0.273 e. The summed E-state index contributed by atoms with van der Waals surface area (Å²) in [7, 11) is 0. The summed E-state index contributed by atoms with van der Waals surface area (Å²) in [5.74, 6) is 0.0601. The molecule has 0 unspecified atom stereocenters. The second-order valence-corrected chi connectivity index (χ2v) is 9.15. The third kappa shape index (κ3) is 4.43. The van der Waals surface area contributed by atoms with E-state index in [9.17, 15) is 4.79 Å². The van der Waals surface area contributed by atoms with Gasteiger partial charge in [0, 0.05) is 30.9 Å². The van der Waals surface area contributed by atoms with E-state index in [1.54, 1.807) is 11.0 Å². The SMILES string of the molecule is Cc1cc(C)cc(CNC2=CN(Cc3cc(Cl)ccc3-n3cnnn3)[C@@H]3CCCN3C2=O)c1. The second-order valence-electron chi connectivity index (χ2n) is 8.71. The lowest BCUT2D eigenvalue weighted by Gasteiger charge is -2.39. The molecule has 2 aliphatic heterocycles. The average Bonchev–Trinajstić information content (AvgIpc) is 3.47. The van der Waals surface area contributed by atoms with Crippen molar-refractivity contribution in [1.82, 2.24) is 35.3 Å². The Morgan fingerprint density at radius 1 is 1.15 bits per heavy atom. The number of nitrogens with zero attached hydrogens (tertiary/aromatic N) is 6. The molecule has 170 valence electrons. The third-order valence-electron chi connectivity index (χ3n) is 6.14. The Kier molecular flexibility index (Phi) is 5.76. The number of carbonyl (C=O) groups excluding carboxylic acids is 1. The molecule has 1 aromatic heterocycles. The van der Waals surface area contributed by atoms with Crippen LogP contribution in [0, 0.1) is 13.8 Å². The summed E-state index contributed by atoms with van der Waals surface area (Å²) in [6.45, 7) is 6.12. The summed E-state index contributed by atoms with van der Waals surface area (Å²) in [6.07, 6.45) is 5.49. The van der Waals surface area contributed by atoms with E-state index in [4.69, 9.17) is 11.6 Å². The first-order chi connectivity index (χ1) is 16.0. The summed E-state index contributed by atoms with van der Waals surface area (Å²) in [5.41, 5.74) is 6.05. The molecule has 0 radical (unpaired) electrons. The fourth-order valence-electron chi connectivity index (χ4n) is 4.81. The molecule has 2 aliphatic rings. The summed E-state index contributed by atoms with van der Waals surface area (Å²) in [5, 5.41) is 15.6. The van der Waals surface area contributed by atoms with Crippen LogP contribution in [0.4, 0.5) is 0 Å². The highest BCUT2D eigenvalue weighted by Crippen LogP contribution is 2.30. The van der Waals surface area contributed by atoms with Gasteiger partial charge in [-0.05, 0) is 66.4 Å². The van der Waals surface area contributed by atoms with Gasteiger partial charge in [-0.2, -0.15) is 0 Å². The summed E-state index contributed by atoms with van der Waals surface area (Å²) in [4.78, 5) is 17.4. The van der Waals surface area contributed by atoms with Gasteiger partial charge in [0.1, 0.15) is 18.2 Å². The van der Waals surface area contributed by atoms with Crippen LogP contribution in [-0.2, 0) is 17.9 Å². The number of rotatable bonds is 6. The fourth-order valence-corrected chi connectivity index (χ4v) is 5.00. The van der Waals surface area contributed by atoms with E-state index in [2.05, 4.69) is 57.8 Å². The number of aryl methyl sites for hydroxylation is 2. The van der Waals surface area contributed by atoms with E-state index in [0.717, 1.165) is 36.2 Å². The molecule has 5 rings (SSSR count). The van der Waals surface area contributed by atoms with Crippen molar-refractivity contribution in [3.8, 4) is 5.69 Å². The predicted molar refractivity (Wildman–Crippen MR) is 125 cm³/mol. The molecule has 0 spiro atoms. The largest absolute Gasteiger partial charge is 0.375 e. The van der Waals surface area contributed by atoms with Crippen LogP contribution in [0.3, 0.4) is 0 Å². The molecule has 0 saturated carbocycles. The van der Waals surface area contributed by atoms with E-state index >= 15 is 0 Å². The number of hydrogen-bond acceptors (Lipinski definition) is 6. The molecule has 1 N–H and O–H groups in total. The Balaban J connectivity index is 1.43. The maximum atomic E-state index is 13.2. The van der Waals surface area contributed by atoms with Crippen molar-refractivity contribution in [1.29, 1.82) is 0 Å². The Labute approximate surface area is 197 Å². The average molecular weight is 464 g/mol. The lowest BCUT2D eigenvalue weighted by molar-refractivity contribution is -0.133. The van der Waals surface area contributed by atoms with Crippen LogP contribution in [-0.4, -0.2) is 48.6 Å². The standard InChI is InChI=1S/C24H26ClN7O/c1-16-8-17(2)10-18(9-16)12-26-21-14-30(23-4-3-7-31(23)24(21)33)13-19-11-20(25)5-6-22(19)32-15-27-28-29-32/h5-6,8-11,14-15,23,26H,3-4,7,12-13H2,1-2H3/t23-/m0/s1. The van der Waals surface area contributed by atoms with Gasteiger partial charge in [-0.1, -0.05) is 40.9 Å². The number of nitrogens with one attached hydrogen (secondary N) is 1. The molecule has 1 amide bonds. The molecular formula is C24H26ClN7O. The molecular weight excluding hydrogens is 438 g/mol. The Bertz CT molecular complexity index is 1190. The minimum absolute atomic E-state index is 0.0324.